The molecule has 0 aliphatic rings. The van der Waals surface area contributed by atoms with Gasteiger partial charge in [-0.2, -0.15) is 0 Å². The highest BCUT2D eigenvalue weighted by Crippen LogP contribution is 2.43. The van der Waals surface area contributed by atoms with Crippen molar-refractivity contribution in [2.75, 3.05) is 5.73 Å². The molecule has 5 nitrogen and oxygen atoms in total. The van der Waals surface area contributed by atoms with E-state index < -0.39 is 5.41 Å². The molecule has 2 N–H and O–H groups in total. The van der Waals surface area contributed by atoms with Crippen LogP contribution in [0.2, 0.25) is 10.0 Å². The number of nitrogen functional groups attached to an aromatic ring is 1. The van der Waals surface area contributed by atoms with Crippen molar-refractivity contribution in [3.63, 3.8) is 0 Å². The zero-order valence-corrected chi connectivity index (χ0v) is 16.8. The minimum atomic E-state index is -0.655. The molecule has 29 heavy (non-hydrogen) atoms. The number of benzene rings is 1. The van der Waals surface area contributed by atoms with Crippen LogP contribution in [0.1, 0.15) is 22.4 Å². The van der Waals surface area contributed by atoms with Crippen LogP contribution in [0.3, 0.4) is 0 Å². The van der Waals surface area contributed by atoms with Gasteiger partial charge in [-0.05, 0) is 47.0 Å². The van der Waals surface area contributed by atoms with Gasteiger partial charge in [0, 0.05) is 43.1 Å². The Morgan fingerprint density at radius 1 is 0.793 bits per heavy atom. The summed E-state index contributed by atoms with van der Waals surface area (Å²) in [6, 6.07) is 15.4. The molecule has 4 aromatic rings. The second kappa shape index (κ2) is 8.15. The first-order chi connectivity index (χ1) is 14.1. The number of halogens is 2. The molecule has 1 aromatic carbocycles. The van der Waals surface area contributed by atoms with Gasteiger partial charge in [0.25, 0.3) is 0 Å². The van der Waals surface area contributed by atoms with Crippen molar-refractivity contribution in [1.29, 1.82) is 0 Å². The van der Waals surface area contributed by atoms with Crippen LogP contribution in [0.15, 0.2) is 79.5 Å². The van der Waals surface area contributed by atoms with Crippen LogP contribution in [0, 0.1) is 0 Å². The van der Waals surface area contributed by atoms with Gasteiger partial charge in [0.2, 0.25) is 5.95 Å². The fourth-order valence-corrected chi connectivity index (χ4v) is 3.88. The monoisotopic (exact) mass is 421 g/mol. The van der Waals surface area contributed by atoms with Crippen LogP contribution in [-0.2, 0) is 11.8 Å². The van der Waals surface area contributed by atoms with E-state index in [0.717, 1.165) is 22.4 Å². The molecule has 0 spiro atoms. The molecular formula is C22H17Cl2N5. The molecule has 7 heteroatoms. The van der Waals surface area contributed by atoms with Crippen molar-refractivity contribution >= 4 is 29.2 Å². The fourth-order valence-electron chi connectivity index (χ4n) is 3.58. The number of pyridine rings is 2. The standard InChI is InChI=1S/C22H17Cl2N5/c23-19-6-5-15(11-20(19)24)22(16-3-1-8-26-13-16,17-4-2-9-27-14-17)12-18-7-10-28-21(25)29-18/h1-11,13-14H,12H2,(H2,25,28,29). The molecule has 3 aromatic heterocycles. The van der Waals surface area contributed by atoms with Crippen molar-refractivity contribution < 1.29 is 0 Å². The average Bonchev–Trinajstić information content (AvgIpc) is 2.75. The number of anilines is 1. The van der Waals surface area contributed by atoms with Crippen molar-refractivity contribution in [3.8, 4) is 0 Å². The Morgan fingerprint density at radius 2 is 1.48 bits per heavy atom. The Morgan fingerprint density at radius 3 is 2.03 bits per heavy atom. The maximum Gasteiger partial charge on any atom is 0.220 e. The molecule has 3 heterocycles. The third-order valence-electron chi connectivity index (χ3n) is 4.90. The Hall–Kier alpha value is -3.02. The van der Waals surface area contributed by atoms with Gasteiger partial charge in [-0.15, -0.1) is 0 Å². The summed E-state index contributed by atoms with van der Waals surface area (Å²) < 4.78 is 0. The van der Waals surface area contributed by atoms with Crippen LogP contribution < -0.4 is 5.73 Å². The molecule has 0 bridgehead atoms. The maximum absolute atomic E-state index is 6.41. The van der Waals surface area contributed by atoms with Crippen LogP contribution in [-0.4, -0.2) is 19.9 Å². The summed E-state index contributed by atoms with van der Waals surface area (Å²) in [5, 5.41) is 0.969. The number of hydrogen-bond donors (Lipinski definition) is 1. The molecule has 0 saturated carbocycles. The van der Waals surface area contributed by atoms with Crippen LogP contribution in [0.5, 0.6) is 0 Å². The van der Waals surface area contributed by atoms with Gasteiger partial charge in [0.05, 0.1) is 15.5 Å². The third kappa shape index (κ3) is 3.79. The summed E-state index contributed by atoms with van der Waals surface area (Å²) in [4.78, 5) is 17.2. The van der Waals surface area contributed by atoms with Gasteiger partial charge in [0.1, 0.15) is 0 Å². The van der Waals surface area contributed by atoms with E-state index in [2.05, 4.69) is 19.9 Å². The molecular weight excluding hydrogens is 405 g/mol. The summed E-state index contributed by atoms with van der Waals surface area (Å²) in [6.07, 6.45) is 9.35. The molecule has 4 rings (SSSR count). The summed E-state index contributed by atoms with van der Waals surface area (Å²) in [7, 11) is 0. The number of nitrogens with zero attached hydrogens (tertiary/aromatic N) is 4. The smallest absolute Gasteiger partial charge is 0.220 e. The van der Waals surface area contributed by atoms with E-state index in [1.165, 1.54) is 0 Å². The van der Waals surface area contributed by atoms with E-state index >= 15 is 0 Å². The summed E-state index contributed by atoms with van der Waals surface area (Å²) >= 11 is 12.6. The molecule has 0 unspecified atom stereocenters. The van der Waals surface area contributed by atoms with Crippen LogP contribution in [0.25, 0.3) is 0 Å². The molecule has 0 radical (unpaired) electrons. The van der Waals surface area contributed by atoms with Gasteiger partial charge in [-0.1, -0.05) is 41.4 Å². The first kappa shape index (κ1) is 19.3. The Labute approximate surface area is 178 Å². The second-order valence-electron chi connectivity index (χ2n) is 6.60. The molecule has 0 aliphatic carbocycles. The lowest BCUT2D eigenvalue weighted by Gasteiger charge is -2.35. The minimum Gasteiger partial charge on any atom is -0.368 e. The predicted octanol–water partition coefficient (Wildman–Crippen LogP) is 4.73. The summed E-state index contributed by atoms with van der Waals surface area (Å²) in [5.41, 5.74) is 8.89. The van der Waals surface area contributed by atoms with Crippen molar-refractivity contribution in [2.45, 2.75) is 11.8 Å². The van der Waals surface area contributed by atoms with E-state index in [-0.39, 0.29) is 5.95 Å². The SMILES string of the molecule is Nc1nccc(CC(c2cccnc2)(c2cccnc2)c2ccc(Cl)c(Cl)c2)n1. The molecule has 0 amide bonds. The van der Waals surface area contributed by atoms with Gasteiger partial charge in [0.15, 0.2) is 0 Å². The number of rotatable bonds is 5. The zero-order valence-electron chi connectivity index (χ0n) is 15.3. The fraction of sp³-hybridized carbons (Fsp3) is 0.0909. The van der Waals surface area contributed by atoms with E-state index in [1.807, 2.05) is 54.9 Å². The van der Waals surface area contributed by atoms with Crippen molar-refractivity contribution in [3.05, 3.63) is 112 Å². The average molecular weight is 422 g/mol. The first-order valence-corrected chi connectivity index (χ1v) is 9.69. The number of hydrogen-bond acceptors (Lipinski definition) is 5. The van der Waals surface area contributed by atoms with Gasteiger partial charge in [-0.3, -0.25) is 9.97 Å². The molecule has 0 saturated heterocycles. The topological polar surface area (TPSA) is 77.6 Å². The van der Waals surface area contributed by atoms with Gasteiger partial charge < -0.3 is 5.73 Å². The minimum absolute atomic E-state index is 0.225. The largest absolute Gasteiger partial charge is 0.368 e. The number of aromatic nitrogens is 4. The van der Waals surface area contributed by atoms with Gasteiger partial charge >= 0.3 is 0 Å². The molecule has 0 atom stereocenters. The highest BCUT2D eigenvalue weighted by Gasteiger charge is 2.38. The lowest BCUT2D eigenvalue weighted by Crippen LogP contribution is -2.33. The maximum atomic E-state index is 6.41. The summed E-state index contributed by atoms with van der Waals surface area (Å²) in [6.45, 7) is 0. The van der Waals surface area contributed by atoms with E-state index in [1.54, 1.807) is 24.7 Å². The van der Waals surface area contributed by atoms with Crippen molar-refractivity contribution in [2.24, 2.45) is 0 Å². The molecule has 144 valence electrons. The molecule has 0 fully saturated rings. The predicted molar refractivity (Wildman–Crippen MR) is 115 cm³/mol. The lowest BCUT2D eigenvalue weighted by molar-refractivity contribution is 0.597. The quantitative estimate of drug-likeness (QED) is 0.503. The van der Waals surface area contributed by atoms with Crippen molar-refractivity contribution in [1.82, 2.24) is 19.9 Å². The third-order valence-corrected chi connectivity index (χ3v) is 5.64. The first-order valence-electron chi connectivity index (χ1n) is 8.93. The van der Waals surface area contributed by atoms with Crippen LogP contribution in [0.4, 0.5) is 5.95 Å². The Balaban J connectivity index is 2.03. The van der Waals surface area contributed by atoms with E-state index in [0.29, 0.717) is 16.5 Å². The second-order valence-corrected chi connectivity index (χ2v) is 7.41. The lowest BCUT2D eigenvalue weighted by atomic mass is 9.67. The van der Waals surface area contributed by atoms with E-state index in [9.17, 15) is 0 Å². The van der Waals surface area contributed by atoms with Gasteiger partial charge in [-0.25, -0.2) is 9.97 Å². The van der Waals surface area contributed by atoms with E-state index in [4.69, 9.17) is 28.9 Å². The molecule has 0 aliphatic heterocycles. The normalized spacial score (nSPS) is 11.4. The summed E-state index contributed by atoms with van der Waals surface area (Å²) in [5.74, 6) is 0.225. The highest BCUT2D eigenvalue weighted by atomic mass is 35.5. The number of nitrogens with two attached hydrogens (primary N) is 1. The van der Waals surface area contributed by atoms with Crippen LogP contribution >= 0.6 is 23.2 Å². The zero-order chi connectivity index (χ0) is 20.3. The highest BCUT2D eigenvalue weighted by molar-refractivity contribution is 6.42. The Kier molecular flexibility index (Phi) is 5.43. The Bertz CT molecular complexity index is 1080.